The van der Waals surface area contributed by atoms with Crippen molar-refractivity contribution in [1.82, 2.24) is 20.6 Å². The van der Waals surface area contributed by atoms with Gasteiger partial charge in [-0.05, 0) is 30.4 Å². The number of aromatic amines is 1. The molecule has 1 aliphatic rings. The maximum atomic E-state index is 12.8. The van der Waals surface area contributed by atoms with E-state index in [1.165, 1.54) is 0 Å². The van der Waals surface area contributed by atoms with Crippen molar-refractivity contribution >= 4 is 57.0 Å². The van der Waals surface area contributed by atoms with Crippen LogP contribution in [0.5, 0.6) is 5.75 Å². The van der Waals surface area contributed by atoms with Crippen molar-refractivity contribution < 1.29 is 14.3 Å². The second-order valence-electron chi connectivity index (χ2n) is 6.15. The van der Waals surface area contributed by atoms with E-state index in [0.717, 1.165) is 16.8 Å². The van der Waals surface area contributed by atoms with Crippen LogP contribution in [0.4, 0.5) is 0 Å². The number of hydrazine groups is 1. The van der Waals surface area contributed by atoms with Gasteiger partial charge in [-0.2, -0.15) is 10.1 Å². The monoisotopic (exact) mass is 438 g/mol. The molecule has 150 valence electrons. The number of benzene rings is 2. The van der Waals surface area contributed by atoms with Gasteiger partial charge in [0.05, 0.1) is 17.4 Å². The number of hydrogen-bond acceptors (Lipinski definition) is 7. The molecule has 2 amide bonds. The molecule has 2 N–H and O–H groups in total. The molecule has 2 aromatic carbocycles. The van der Waals surface area contributed by atoms with Gasteiger partial charge in [-0.3, -0.25) is 19.8 Å². The Bertz CT molecular complexity index is 1290. The molecule has 1 aliphatic heterocycles. The number of nitrogens with one attached hydrogen (secondary N) is 2. The molecule has 4 rings (SSSR count). The number of nitrogens with zero attached hydrogens (tertiary/aromatic N) is 2. The van der Waals surface area contributed by atoms with Crippen molar-refractivity contribution in [2.45, 2.75) is 0 Å². The first-order valence-corrected chi connectivity index (χ1v) is 9.91. The minimum atomic E-state index is -0.669. The Kier molecular flexibility index (Phi) is 5.34. The maximum absolute atomic E-state index is 12.8. The molecule has 3 aromatic rings. The summed E-state index contributed by atoms with van der Waals surface area (Å²) in [5, 5.41) is 7.81. The molecule has 30 heavy (non-hydrogen) atoms. The molecule has 0 aliphatic carbocycles. The van der Waals surface area contributed by atoms with Crippen molar-refractivity contribution in [2.75, 3.05) is 7.11 Å². The van der Waals surface area contributed by atoms with Crippen LogP contribution in [0.1, 0.15) is 16.1 Å². The minimum Gasteiger partial charge on any atom is -0.496 e. The molecule has 0 bridgehead atoms. The fourth-order valence-electron chi connectivity index (χ4n) is 2.93. The molecule has 0 saturated carbocycles. The molecular formula is C20H14N4O4S2. The van der Waals surface area contributed by atoms with E-state index in [9.17, 15) is 14.4 Å². The molecular weight excluding hydrogens is 424 g/mol. The number of amides is 2. The summed E-state index contributed by atoms with van der Waals surface area (Å²) in [5.41, 5.74) is 2.76. The number of thiocarbonyl (C=S) groups is 1. The zero-order valence-electron chi connectivity index (χ0n) is 15.5. The number of ether oxygens (including phenoxy) is 1. The van der Waals surface area contributed by atoms with Crippen LogP contribution in [0.2, 0.25) is 0 Å². The van der Waals surface area contributed by atoms with Gasteiger partial charge in [-0.1, -0.05) is 48.2 Å². The number of carbonyl (C=O) groups is 2. The van der Waals surface area contributed by atoms with Gasteiger partial charge in [0.2, 0.25) is 0 Å². The molecule has 0 radical (unpaired) electrons. The molecule has 1 saturated heterocycles. The molecule has 1 fully saturated rings. The standard InChI is InChI=1S/C20H14N4O4S2/c1-28-14-9-5-2-6-11(14)10-15-19(27)24(20(29)30-15)23-18(26)16-12-7-3-4-8-13(12)17(25)22-21-16/h2-10H,1H3,(H,22,25)(H,23,26)/b15-10+. The van der Waals surface area contributed by atoms with E-state index < -0.39 is 17.4 Å². The number of aromatic nitrogens is 2. The third kappa shape index (κ3) is 3.58. The van der Waals surface area contributed by atoms with Crippen LogP contribution >= 0.6 is 24.0 Å². The summed E-state index contributed by atoms with van der Waals surface area (Å²) in [4.78, 5) is 37.9. The van der Waals surface area contributed by atoms with E-state index in [4.69, 9.17) is 17.0 Å². The Morgan fingerprint density at radius 2 is 1.87 bits per heavy atom. The normalized spacial score (nSPS) is 15.1. The van der Waals surface area contributed by atoms with Gasteiger partial charge in [0.15, 0.2) is 10.0 Å². The van der Waals surface area contributed by atoms with E-state index in [1.54, 1.807) is 49.6 Å². The third-order valence-corrected chi connectivity index (χ3v) is 5.65. The lowest BCUT2D eigenvalue weighted by Crippen LogP contribution is -2.45. The van der Waals surface area contributed by atoms with Crippen molar-refractivity contribution in [2.24, 2.45) is 0 Å². The van der Waals surface area contributed by atoms with E-state index in [-0.39, 0.29) is 10.0 Å². The number of H-pyrrole nitrogens is 1. The lowest BCUT2D eigenvalue weighted by atomic mass is 10.1. The second-order valence-corrected chi connectivity index (χ2v) is 7.82. The first-order valence-electron chi connectivity index (χ1n) is 8.69. The summed E-state index contributed by atoms with van der Waals surface area (Å²) in [7, 11) is 1.54. The summed E-state index contributed by atoms with van der Waals surface area (Å²) >= 11 is 6.32. The van der Waals surface area contributed by atoms with Crippen LogP contribution in [0, 0.1) is 0 Å². The lowest BCUT2D eigenvalue weighted by molar-refractivity contribution is -0.123. The predicted octanol–water partition coefficient (Wildman–Crippen LogP) is 2.48. The van der Waals surface area contributed by atoms with Crippen LogP contribution in [0.3, 0.4) is 0 Å². The highest BCUT2D eigenvalue weighted by Crippen LogP contribution is 2.33. The van der Waals surface area contributed by atoms with Gasteiger partial charge in [0.25, 0.3) is 17.4 Å². The van der Waals surface area contributed by atoms with Gasteiger partial charge in [-0.15, -0.1) is 0 Å². The summed E-state index contributed by atoms with van der Waals surface area (Å²) in [6.45, 7) is 0. The van der Waals surface area contributed by atoms with E-state index in [0.29, 0.717) is 27.0 Å². The number of carbonyl (C=O) groups excluding carboxylic acids is 2. The zero-order chi connectivity index (χ0) is 21.3. The number of thioether (sulfide) groups is 1. The zero-order valence-corrected chi connectivity index (χ0v) is 17.2. The van der Waals surface area contributed by atoms with Crippen LogP contribution < -0.4 is 15.7 Å². The molecule has 0 unspecified atom stereocenters. The van der Waals surface area contributed by atoms with Crippen LogP contribution in [-0.4, -0.2) is 38.5 Å². The van der Waals surface area contributed by atoms with Gasteiger partial charge in [-0.25, -0.2) is 5.10 Å². The Morgan fingerprint density at radius 1 is 1.17 bits per heavy atom. The molecule has 10 heteroatoms. The topological polar surface area (TPSA) is 104 Å². The quantitative estimate of drug-likeness (QED) is 0.476. The summed E-state index contributed by atoms with van der Waals surface area (Å²) in [5.74, 6) is -0.536. The average Bonchev–Trinajstić information content (AvgIpc) is 3.02. The van der Waals surface area contributed by atoms with Crippen molar-refractivity contribution in [1.29, 1.82) is 0 Å². The number of hydrogen-bond donors (Lipinski definition) is 2. The SMILES string of the molecule is COc1ccccc1/C=C1/SC(=S)N(NC(=O)c2n[nH]c(=O)c3ccccc23)C1=O. The minimum absolute atomic E-state index is 0.0204. The number of rotatable bonds is 4. The average molecular weight is 438 g/mol. The molecule has 8 nitrogen and oxygen atoms in total. The molecule has 0 atom stereocenters. The Labute approximate surface area is 179 Å². The predicted molar refractivity (Wildman–Crippen MR) is 118 cm³/mol. The number of para-hydroxylation sites is 1. The Balaban J connectivity index is 1.62. The smallest absolute Gasteiger partial charge is 0.291 e. The Hall–Kier alpha value is -3.50. The third-order valence-electron chi connectivity index (χ3n) is 4.34. The summed E-state index contributed by atoms with van der Waals surface area (Å²) in [6.07, 6.45) is 1.65. The van der Waals surface area contributed by atoms with E-state index in [2.05, 4.69) is 15.6 Å². The van der Waals surface area contributed by atoms with Gasteiger partial charge in [0.1, 0.15) is 5.75 Å². The van der Waals surface area contributed by atoms with Gasteiger partial charge < -0.3 is 4.74 Å². The number of fused-ring (bicyclic) bond motifs is 1. The Morgan fingerprint density at radius 3 is 2.63 bits per heavy atom. The number of methoxy groups -OCH3 is 1. The first-order chi connectivity index (χ1) is 14.5. The van der Waals surface area contributed by atoms with Gasteiger partial charge >= 0.3 is 0 Å². The van der Waals surface area contributed by atoms with E-state index in [1.807, 2.05) is 12.1 Å². The molecule has 1 aromatic heterocycles. The first kappa shape index (κ1) is 19.8. The van der Waals surface area contributed by atoms with Crippen LogP contribution in [0.25, 0.3) is 16.8 Å². The molecule has 2 heterocycles. The molecule has 0 spiro atoms. The van der Waals surface area contributed by atoms with Crippen molar-refractivity contribution in [3.8, 4) is 5.75 Å². The largest absolute Gasteiger partial charge is 0.496 e. The van der Waals surface area contributed by atoms with Crippen molar-refractivity contribution in [3.63, 3.8) is 0 Å². The fraction of sp³-hybridized carbons (Fsp3) is 0.0500. The highest BCUT2D eigenvalue weighted by molar-refractivity contribution is 8.26. The fourth-order valence-corrected chi connectivity index (χ4v) is 4.10. The maximum Gasteiger partial charge on any atom is 0.291 e. The van der Waals surface area contributed by atoms with Crippen LogP contribution in [0.15, 0.2) is 58.2 Å². The second kappa shape index (κ2) is 8.09. The summed E-state index contributed by atoms with van der Waals surface area (Å²) in [6, 6.07) is 13.8. The van der Waals surface area contributed by atoms with Crippen molar-refractivity contribution in [3.05, 3.63) is 75.0 Å². The summed E-state index contributed by atoms with van der Waals surface area (Å²) < 4.78 is 5.47. The lowest BCUT2D eigenvalue weighted by Gasteiger charge is -2.15. The highest BCUT2D eigenvalue weighted by Gasteiger charge is 2.34. The van der Waals surface area contributed by atoms with Gasteiger partial charge in [0, 0.05) is 10.9 Å². The van der Waals surface area contributed by atoms with Crippen LogP contribution in [-0.2, 0) is 4.79 Å². The van der Waals surface area contributed by atoms with E-state index >= 15 is 0 Å². The highest BCUT2D eigenvalue weighted by atomic mass is 32.2.